The molecule has 2 saturated heterocycles. The SMILES string of the molecule is O=C(Nc1ccc2[nH]c(=O)cc(O)c2c1)c1cc(S(=O)(=O)N2CCOCC2)ccc1N1CCOCC1. The Kier molecular flexibility index (Phi) is 6.67. The van der Waals surface area contributed by atoms with Gasteiger partial charge in [0.25, 0.3) is 11.5 Å². The molecule has 2 aromatic carbocycles. The van der Waals surface area contributed by atoms with Gasteiger partial charge in [-0.05, 0) is 36.4 Å². The van der Waals surface area contributed by atoms with E-state index in [1.807, 2.05) is 4.90 Å². The molecule has 2 aliphatic rings. The molecule has 0 saturated carbocycles. The van der Waals surface area contributed by atoms with Crippen molar-refractivity contribution in [2.24, 2.45) is 0 Å². The van der Waals surface area contributed by atoms with E-state index >= 15 is 0 Å². The maximum Gasteiger partial charge on any atom is 0.257 e. The molecule has 190 valence electrons. The van der Waals surface area contributed by atoms with Crippen LogP contribution in [0.15, 0.2) is 52.2 Å². The summed E-state index contributed by atoms with van der Waals surface area (Å²) in [6.07, 6.45) is 0. The number of pyridine rings is 1. The number of carbonyl (C=O) groups is 1. The van der Waals surface area contributed by atoms with Crippen molar-refractivity contribution in [1.29, 1.82) is 0 Å². The molecular formula is C24H26N4O7S. The normalized spacial score (nSPS) is 17.3. The molecule has 3 heterocycles. The molecule has 1 amide bonds. The molecule has 0 aliphatic carbocycles. The Morgan fingerprint density at radius 3 is 2.36 bits per heavy atom. The minimum Gasteiger partial charge on any atom is -0.507 e. The van der Waals surface area contributed by atoms with Crippen molar-refractivity contribution in [3.05, 3.63) is 58.4 Å². The van der Waals surface area contributed by atoms with Crippen LogP contribution in [-0.4, -0.2) is 81.3 Å². The highest BCUT2D eigenvalue weighted by Gasteiger charge is 2.29. The molecule has 2 fully saturated rings. The minimum atomic E-state index is -3.81. The second-order valence-electron chi connectivity index (χ2n) is 8.53. The quantitative estimate of drug-likeness (QED) is 0.463. The number of fused-ring (bicyclic) bond motifs is 1. The first-order valence-corrected chi connectivity index (χ1v) is 13.0. The molecular weight excluding hydrogens is 488 g/mol. The molecule has 0 unspecified atom stereocenters. The van der Waals surface area contributed by atoms with Gasteiger partial charge in [0.2, 0.25) is 10.0 Å². The van der Waals surface area contributed by atoms with Gasteiger partial charge < -0.3 is 29.8 Å². The van der Waals surface area contributed by atoms with Crippen LogP contribution in [0.1, 0.15) is 10.4 Å². The highest BCUT2D eigenvalue weighted by atomic mass is 32.2. The standard InChI is InChI=1S/C24H26N4O7S/c29-22-15-23(30)26-20-3-1-16(13-18(20)22)25-24(31)19-14-17(36(32,33)28-7-11-35-12-8-28)2-4-21(19)27-5-9-34-10-6-27/h1-4,13-15H,5-12H2,(H,25,31)(H2,26,29,30). The fourth-order valence-corrected chi connectivity index (χ4v) is 5.82. The van der Waals surface area contributed by atoms with E-state index in [9.17, 15) is 23.1 Å². The fourth-order valence-electron chi connectivity index (χ4n) is 4.39. The summed E-state index contributed by atoms with van der Waals surface area (Å²) in [5, 5.41) is 13.3. The summed E-state index contributed by atoms with van der Waals surface area (Å²) in [5.41, 5.74) is 1.17. The lowest BCUT2D eigenvalue weighted by atomic mass is 10.1. The highest BCUT2D eigenvalue weighted by Crippen LogP contribution is 2.29. The zero-order valence-corrected chi connectivity index (χ0v) is 20.2. The number of nitrogens with zero attached hydrogens (tertiary/aromatic N) is 2. The number of anilines is 2. The molecule has 11 nitrogen and oxygen atoms in total. The van der Waals surface area contributed by atoms with Crippen LogP contribution >= 0.6 is 0 Å². The Labute approximate surface area is 207 Å². The van der Waals surface area contributed by atoms with E-state index in [0.29, 0.717) is 61.8 Å². The van der Waals surface area contributed by atoms with E-state index in [0.717, 1.165) is 6.07 Å². The first kappa shape index (κ1) is 24.3. The smallest absolute Gasteiger partial charge is 0.257 e. The Balaban J connectivity index is 1.51. The van der Waals surface area contributed by atoms with Crippen LogP contribution < -0.4 is 15.8 Å². The van der Waals surface area contributed by atoms with Gasteiger partial charge in [0.1, 0.15) is 5.75 Å². The van der Waals surface area contributed by atoms with Gasteiger partial charge in [-0.3, -0.25) is 9.59 Å². The van der Waals surface area contributed by atoms with Crippen LogP contribution in [0, 0.1) is 0 Å². The van der Waals surface area contributed by atoms with E-state index < -0.39 is 21.5 Å². The summed E-state index contributed by atoms with van der Waals surface area (Å²) >= 11 is 0. The van der Waals surface area contributed by atoms with Gasteiger partial charge in [-0.1, -0.05) is 0 Å². The fraction of sp³-hybridized carbons (Fsp3) is 0.333. The van der Waals surface area contributed by atoms with Crippen LogP contribution in [0.5, 0.6) is 5.75 Å². The maximum atomic E-state index is 13.5. The number of sulfonamides is 1. The second-order valence-corrected chi connectivity index (χ2v) is 10.5. The number of aromatic hydroxyl groups is 1. The molecule has 0 spiro atoms. The third-order valence-corrected chi connectivity index (χ3v) is 8.15. The number of aromatic nitrogens is 1. The summed E-state index contributed by atoms with van der Waals surface area (Å²) in [6.45, 7) is 3.25. The molecule has 0 atom stereocenters. The van der Waals surface area contributed by atoms with Gasteiger partial charge in [0, 0.05) is 49.0 Å². The number of aromatic amines is 1. The van der Waals surface area contributed by atoms with Crippen LogP contribution in [-0.2, 0) is 19.5 Å². The van der Waals surface area contributed by atoms with Crippen LogP contribution in [0.25, 0.3) is 10.9 Å². The van der Waals surface area contributed by atoms with E-state index in [1.54, 1.807) is 24.3 Å². The Hall–Kier alpha value is -3.45. The topological polar surface area (TPSA) is 141 Å². The summed E-state index contributed by atoms with van der Waals surface area (Å²) in [5.74, 6) is -0.712. The van der Waals surface area contributed by atoms with Gasteiger partial charge >= 0.3 is 0 Å². The minimum absolute atomic E-state index is 0.0280. The Morgan fingerprint density at radius 1 is 0.944 bits per heavy atom. The number of ether oxygens (including phenoxy) is 2. The third kappa shape index (κ3) is 4.80. The lowest BCUT2D eigenvalue weighted by Gasteiger charge is -2.31. The van der Waals surface area contributed by atoms with Gasteiger partial charge in [-0.15, -0.1) is 0 Å². The number of morpholine rings is 2. The number of amides is 1. The molecule has 0 bridgehead atoms. The number of H-pyrrole nitrogens is 1. The molecule has 1 aromatic heterocycles. The summed E-state index contributed by atoms with van der Waals surface area (Å²) < 4.78 is 38.6. The second kappa shape index (κ2) is 9.90. The highest BCUT2D eigenvalue weighted by molar-refractivity contribution is 7.89. The first-order chi connectivity index (χ1) is 17.3. The number of rotatable bonds is 5. The predicted molar refractivity (Wildman–Crippen MR) is 133 cm³/mol. The van der Waals surface area contributed by atoms with E-state index in [-0.39, 0.29) is 29.3 Å². The van der Waals surface area contributed by atoms with Gasteiger partial charge in [-0.25, -0.2) is 8.42 Å². The lowest BCUT2D eigenvalue weighted by molar-refractivity contribution is 0.0730. The Bertz CT molecular complexity index is 1460. The number of hydrogen-bond acceptors (Lipinski definition) is 8. The van der Waals surface area contributed by atoms with Gasteiger partial charge in [0.15, 0.2) is 0 Å². The molecule has 2 aliphatic heterocycles. The van der Waals surface area contributed by atoms with Crippen molar-refractivity contribution in [3.63, 3.8) is 0 Å². The number of benzene rings is 2. The zero-order valence-electron chi connectivity index (χ0n) is 19.4. The third-order valence-electron chi connectivity index (χ3n) is 6.25. The molecule has 36 heavy (non-hydrogen) atoms. The molecule has 12 heteroatoms. The average Bonchev–Trinajstić information content (AvgIpc) is 2.89. The molecule has 3 N–H and O–H groups in total. The van der Waals surface area contributed by atoms with Crippen molar-refractivity contribution in [2.45, 2.75) is 4.90 Å². The predicted octanol–water partition coefficient (Wildman–Crippen LogP) is 1.34. The first-order valence-electron chi connectivity index (χ1n) is 11.5. The maximum absolute atomic E-state index is 13.5. The van der Waals surface area contributed by atoms with Crippen LogP contribution in [0.2, 0.25) is 0 Å². The summed E-state index contributed by atoms with van der Waals surface area (Å²) in [7, 11) is -3.81. The Morgan fingerprint density at radius 2 is 1.64 bits per heavy atom. The average molecular weight is 515 g/mol. The van der Waals surface area contributed by atoms with Crippen molar-refractivity contribution >= 4 is 38.2 Å². The largest absolute Gasteiger partial charge is 0.507 e. The molecule has 3 aromatic rings. The summed E-state index contributed by atoms with van der Waals surface area (Å²) in [6, 6.07) is 10.4. The molecule has 0 radical (unpaired) electrons. The van der Waals surface area contributed by atoms with Gasteiger partial charge in [0.05, 0.1) is 42.4 Å². The number of carbonyl (C=O) groups excluding carboxylic acids is 1. The van der Waals surface area contributed by atoms with Crippen molar-refractivity contribution < 1.29 is 27.8 Å². The monoisotopic (exact) mass is 514 g/mol. The van der Waals surface area contributed by atoms with Crippen molar-refractivity contribution in [1.82, 2.24) is 9.29 Å². The van der Waals surface area contributed by atoms with Crippen LogP contribution in [0.4, 0.5) is 11.4 Å². The zero-order chi connectivity index (χ0) is 25.3. The van der Waals surface area contributed by atoms with Crippen LogP contribution in [0.3, 0.4) is 0 Å². The number of nitrogens with one attached hydrogen (secondary N) is 2. The summed E-state index contributed by atoms with van der Waals surface area (Å²) in [4.78, 5) is 29.7. The van der Waals surface area contributed by atoms with Crippen molar-refractivity contribution in [3.8, 4) is 5.75 Å². The molecule has 5 rings (SSSR count). The number of hydrogen-bond donors (Lipinski definition) is 3. The van der Waals surface area contributed by atoms with Crippen molar-refractivity contribution in [2.75, 3.05) is 62.8 Å². The van der Waals surface area contributed by atoms with E-state index in [4.69, 9.17) is 9.47 Å². The van der Waals surface area contributed by atoms with E-state index in [1.165, 1.54) is 16.4 Å². The van der Waals surface area contributed by atoms with Gasteiger partial charge in [-0.2, -0.15) is 4.31 Å². The lowest BCUT2D eigenvalue weighted by Crippen LogP contribution is -2.41. The van der Waals surface area contributed by atoms with E-state index in [2.05, 4.69) is 10.3 Å².